The number of carbonyl (C=O) groups excluding carboxylic acids is 1. The lowest BCUT2D eigenvalue weighted by Gasteiger charge is -2.27. The molecule has 1 amide bonds. The lowest BCUT2D eigenvalue weighted by molar-refractivity contribution is -0.128. The summed E-state index contributed by atoms with van der Waals surface area (Å²) in [7, 11) is 0. The Morgan fingerprint density at radius 2 is 1.91 bits per heavy atom. The first-order chi connectivity index (χ1) is 11.2. The second-order valence-electron chi connectivity index (χ2n) is 6.00. The Hall–Kier alpha value is -1.73. The molecule has 0 spiro atoms. The number of nitrogens with zero attached hydrogens (tertiary/aromatic N) is 3. The van der Waals surface area contributed by atoms with Crippen molar-refractivity contribution < 1.29 is 14.3 Å². The largest absolute Gasteiger partial charge is 0.381 e. The van der Waals surface area contributed by atoms with Crippen LogP contribution in [0.25, 0.3) is 0 Å². The molecule has 23 heavy (non-hydrogen) atoms. The first-order valence-electron chi connectivity index (χ1n) is 8.25. The van der Waals surface area contributed by atoms with E-state index in [1.807, 2.05) is 13.0 Å². The van der Waals surface area contributed by atoms with Gasteiger partial charge < -0.3 is 19.7 Å². The molecule has 0 aliphatic carbocycles. The van der Waals surface area contributed by atoms with Gasteiger partial charge in [-0.05, 0) is 25.8 Å². The highest BCUT2D eigenvalue weighted by molar-refractivity contribution is 5.78. The summed E-state index contributed by atoms with van der Waals surface area (Å²) in [6.07, 6.45) is 1.60. The monoisotopic (exact) mass is 320 g/mol. The van der Waals surface area contributed by atoms with Crippen molar-refractivity contribution in [3.8, 4) is 0 Å². The third kappa shape index (κ3) is 4.39. The lowest BCUT2D eigenvalue weighted by Crippen LogP contribution is -2.38. The molecular formula is C16H24N4O3. The third-order valence-corrected chi connectivity index (χ3v) is 4.23. The summed E-state index contributed by atoms with van der Waals surface area (Å²) in [4.78, 5) is 23.4. The van der Waals surface area contributed by atoms with Gasteiger partial charge in [0.05, 0.1) is 25.5 Å². The maximum Gasteiger partial charge on any atom is 0.225 e. The van der Waals surface area contributed by atoms with Crippen LogP contribution in [0.5, 0.6) is 0 Å². The molecule has 2 aliphatic heterocycles. The number of rotatable bonds is 4. The molecule has 0 unspecified atom stereocenters. The summed E-state index contributed by atoms with van der Waals surface area (Å²) >= 11 is 0. The van der Waals surface area contributed by atoms with Crippen LogP contribution in [0.15, 0.2) is 6.07 Å². The molecule has 1 N–H and O–H groups in total. The molecular weight excluding hydrogens is 296 g/mol. The van der Waals surface area contributed by atoms with Crippen molar-refractivity contribution >= 4 is 11.9 Å². The number of ether oxygens (including phenoxy) is 2. The molecule has 2 fully saturated rings. The van der Waals surface area contributed by atoms with Crippen molar-refractivity contribution in [1.29, 1.82) is 0 Å². The molecule has 126 valence electrons. The van der Waals surface area contributed by atoms with Crippen molar-refractivity contribution in [1.82, 2.24) is 15.3 Å². The second kappa shape index (κ2) is 7.70. The highest BCUT2D eigenvalue weighted by Crippen LogP contribution is 2.15. The van der Waals surface area contributed by atoms with Gasteiger partial charge in [-0.3, -0.25) is 4.79 Å². The number of carbonyl (C=O) groups is 1. The summed E-state index contributed by atoms with van der Waals surface area (Å²) in [6.45, 7) is 6.75. The van der Waals surface area contributed by atoms with Gasteiger partial charge in [0.15, 0.2) is 0 Å². The molecule has 3 heterocycles. The first kappa shape index (κ1) is 16.1. The number of hydrogen-bond acceptors (Lipinski definition) is 6. The van der Waals surface area contributed by atoms with Crippen LogP contribution < -0.4 is 10.2 Å². The standard InChI is InChI=1S/C16H24N4O3/c1-12-10-14(11-17-15(21)13-2-6-22-7-3-13)19-16(18-12)20-4-8-23-9-5-20/h10,13H,2-9,11H2,1H3,(H,17,21). The molecule has 0 atom stereocenters. The summed E-state index contributed by atoms with van der Waals surface area (Å²) in [5.74, 6) is 0.881. The van der Waals surface area contributed by atoms with Crippen molar-refractivity contribution in [2.45, 2.75) is 26.3 Å². The van der Waals surface area contributed by atoms with E-state index in [4.69, 9.17) is 9.47 Å². The minimum atomic E-state index is 0.0606. The average molecular weight is 320 g/mol. The van der Waals surface area contributed by atoms with E-state index in [-0.39, 0.29) is 11.8 Å². The average Bonchev–Trinajstić information content (AvgIpc) is 2.61. The molecule has 2 aliphatic rings. The number of nitrogens with one attached hydrogen (secondary N) is 1. The predicted octanol–water partition coefficient (Wildman–Crippen LogP) is 0.664. The van der Waals surface area contributed by atoms with Crippen LogP contribution in [0, 0.1) is 12.8 Å². The highest BCUT2D eigenvalue weighted by atomic mass is 16.5. The van der Waals surface area contributed by atoms with Gasteiger partial charge in [0.1, 0.15) is 0 Å². The molecule has 7 heteroatoms. The molecule has 1 aromatic heterocycles. The predicted molar refractivity (Wildman–Crippen MR) is 85.2 cm³/mol. The molecule has 0 saturated carbocycles. The zero-order valence-electron chi connectivity index (χ0n) is 13.6. The van der Waals surface area contributed by atoms with E-state index in [1.54, 1.807) is 0 Å². The fraction of sp³-hybridized carbons (Fsp3) is 0.688. The Morgan fingerprint density at radius 1 is 1.22 bits per heavy atom. The number of amides is 1. The molecule has 0 aromatic carbocycles. The Morgan fingerprint density at radius 3 is 2.65 bits per heavy atom. The van der Waals surface area contributed by atoms with Gasteiger partial charge in [0.25, 0.3) is 0 Å². The lowest BCUT2D eigenvalue weighted by atomic mass is 9.99. The fourth-order valence-corrected chi connectivity index (χ4v) is 2.89. The number of morpholine rings is 1. The van der Waals surface area contributed by atoms with Gasteiger partial charge in [-0.25, -0.2) is 9.97 Å². The van der Waals surface area contributed by atoms with Gasteiger partial charge in [0, 0.05) is 37.9 Å². The maximum absolute atomic E-state index is 12.2. The minimum Gasteiger partial charge on any atom is -0.381 e. The first-order valence-corrected chi connectivity index (χ1v) is 8.25. The summed E-state index contributed by atoms with van der Waals surface area (Å²) < 4.78 is 10.7. The minimum absolute atomic E-state index is 0.0606. The van der Waals surface area contributed by atoms with Gasteiger partial charge >= 0.3 is 0 Å². The van der Waals surface area contributed by atoms with Crippen LogP contribution >= 0.6 is 0 Å². The van der Waals surface area contributed by atoms with E-state index in [9.17, 15) is 4.79 Å². The van der Waals surface area contributed by atoms with Crippen molar-refractivity contribution in [3.63, 3.8) is 0 Å². The van der Waals surface area contributed by atoms with Crippen LogP contribution in [0.4, 0.5) is 5.95 Å². The Labute approximate surface area is 136 Å². The van der Waals surface area contributed by atoms with E-state index >= 15 is 0 Å². The fourth-order valence-electron chi connectivity index (χ4n) is 2.89. The second-order valence-corrected chi connectivity index (χ2v) is 6.00. The zero-order valence-corrected chi connectivity index (χ0v) is 13.6. The van der Waals surface area contributed by atoms with Crippen LogP contribution in [-0.2, 0) is 20.8 Å². The van der Waals surface area contributed by atoms with E-state index < -0.39 is 0 Å². The van der Waals surface area contributed by atoms with Crippen LogP contribution in [0.1, 0.15) is 24.2 Å². The van der Waals surface area contributed by atoms with Gasteiger partial charge in [0.2, 0.25) is 11.9 Å². The summed E-state index contributed by atoms with van der Waals surface area (Å²) in [5.41, 5.74) is 1.76. The zero-order chi connectivity index (χ0) is 16.1. The Bertz CT molecular complexity index is 540. The van der Waals surface area contributed by atoms with Crippen LogP contribution in [0.2, 0.25) is 0 Å². The van der Waals surface area contributed by atoms with Gasteiger partial charge in [-0.15, -0.1) is 0 Å². The quantitative estimate of drug-likeness (QED) is 0.878. The number of hydrogen-bond donors (Lipinski definition) is 1. The molecule has 2 saturated heterocycles. The molecule has 0 radical (unpaired) electrons. The number of aryl methyl sites for hydroxylation is 1. The topological polar surface area (TPSA) is 76.6 Å². The smallest absolute Gasteiger partial charge is 0.225 e. The van der Waals surface area contributed by atoms with Crippen LogP contribution in [-0.4, -0.2) is 55.4 Å². The molecule has 1 aromatic rings. The van der Waals surface area contributed by atoms with Gasteiger partial charge in [-0.2, -0.15) is 0 Å². The van der Waals surface area contributed by atoms with Crippen molar-refractivity contribution in [2.75, 3.05) is 44.4 Å². The van der Waals surface area contributed by atoms with Crippen LogP contribution in [0.3, 0.4) is 0 Å². The molecule has 3 rings (SSSR count). The van der Waals surface area contributed by atoms with Gasteiger partial charge in [-0.1, -0.05) is 0 Å². The van der Waals surface area contributed by atoms with E-state index in [1.165, 1.54) is 0 Å². The Kier molecular flexibility index (Phi) is 5.40. The summed E-state index contributed by atoms with van der Waals surface area (Å²) in [6, 6.07) is 1.92. The van der Waals surface area contributed by atoms with E-state index in [2.05, 4.69) is 20.2 Å². The maximum atomic E-state index is 12.2. The number of aromatic nitrogens is 2. The number of anilines is 1. The van der Waals surface area contributed by atoms with E-state index in [0.29, 0.717) is 33.0 Å². The van der Waals surface area contributed by atoms with Crippen molar-refractivity contribution in [2.24, 2.45) is 5.92 Å². The normalized spacial score (nSPS) is 19.6. The summed E-state index contributed by atoms with van der Waals surface area (Å²) in [5, 5.41) is 3.00. The Balaban J connectivity index is 1.60. The van der Waals surface area contributed by atoms with Crippen molar-refractivity contribution in [3.05, 3.63) is 17.5 Å². The third-order valence-electron chi connectivity index (χ3n) is 4.23. The molecule has 0 bridgehead atoms. The SMILES string of the molecule is Cc1cc(CNC(=O)C2CCOCC2)nc(N2CCOCC2)n1. The van der Waals surface area contributed by atoms with E-state index in [0.717, 1.165) is 43.3 Å². The molecule has 7 nitrogen and oxygen atoms in total. The highest BCUT2D eigenvalue weighted by Gasteiger charge is 2.21.